The van der Waals surface area contributed by atoms with Crippen LogP contribution in [-0.2, 0) is 9.47 Å². The Morgan fingerprint density at radius 3 is 1.69 bits per heavy atom. The van der Waals surface area contributed by atoms with E-state index in [0.29, 0.717) is 12.2 Å². The highest BCUT2D eigenvalue weighted by molar-refractivity contribution is 5.00. The summed E-state index contributed by atoms with van der Waals surface area (Å²) in [5.74, 6) is 0.884. The number of ether oxygens (including phenoxy) is 2. The first kappa shape index (κ1) is 11.0. The molecule has 0 aromatic heterocycles. The molecule has 2 heteroatoms. The molecular formula is C11H22O2. The molecule has 0 aromatic carbocycles. The van der Waals surface area contributed by atoms with Crippen molar-refractivity contribution in [2.24, 2.45) is 5.92 Å². The third-order valence-corrected chi connectivity index (χ3v) is 2.51. The van der Waals surface area contributed by atoms with Crippen LogP contribution in [0.2, 0.25) is 0 Å². The van der Waals surface area contributed by atoms with Crippen molar-refractivity contribution in [3.8, 4) is 0 Å². The summed E-state index contributed by atoms with van der Waals surface area (Å²) in [6, 6.07) is 0. The van der Waals surface area contributed by atoms with Crippen molar-refractivity contribution in [1.29, 1.82) is 0 Å². The predicted molar refractivity (Wildman–Crippen MR) is 53.8 cm³/mol. The fourth-order valence-electron chi connectivity index (χ4n) is 1.30. The highest BCUT2D eigenvalue weighted by Crippen LogP contribution is 2.45. The molecule has 2 saturated heterocycles. The molecule has 0 N–H and O–H groups in total. The molecule has 78 valence electrons. The Balaban J connectivity index is 0.000000112. The number of hydrogen-bond donors (Lipinski definition) is 0. The number of epoxide rings is 2. The zero-order valence-electron chi connectivity index (χ0n) is 9.46. The van der Waals surface area contributed by atoms with Crippen molar-refractivity contribution in [2.45, 2.75) is 58.8 Å². The first-order valence-electron chi connectivity index (χ1n) is 5.38. The predicted octanol–water partition coefficient (Wildman–Crippen LogP) is 2.62. The summed E-state index contributed by atoms with van der Waals surface area (Å²) in [5.41, 5.74) is 0.250. The van der Waals surface area contributed by atoms with E-state index in [2.05, 4.69) is 20.8 Å². The van der Waals surface area contributed by atoms with Gasteiger partial charge in [0.15, 0.2) is 0 Å². The minimum Gasteiger partial charge on any atom is -0.370 e. The van der Waals surface area contributed by atoms with E-state index in [9.17, 15) is 0 Å². The van der Waals surface area contributed by atoms with Gasteiger partial charge < -0.3 is 9.47 Å². The monoisotopic (exact) mass is 186 g/mol. The van der Waals surface area contributed by atoms with Gasteiger partial charge in [-0.2, -0.15) is 0 Å². The van der Waals surface area contributed by atoms with Crippen molar-refractivity contribution >= 4 is 0 Å². The Labute approximate surface area is 81.6 Å². The zero-order valence-corrected chi connectivity index (χ0v) is 9.46. The first-order valence-corrected chi connectivity index (χ1v) is 5.38. The van der Waals surface area contributed by atoms with Gasteiger partial charge >= 0.3 is 0 Å². The summed E-state index contributed by atoms with van der Waals surface area (Å²) in [5, 5.41) is 0. The Morgan fingerprint density at radius 2 is 1.69 bits per heavy atom. The lowest BCUT2D eigenvalue weighted by Crippen LogP contribution is -2.19. The van der Waals surface area contributed by atoms with Crippen LogP contribution in [0.15, 0.2) is 0 Å². The van der Waals surface area contributed by atoms with Gasteiger partial charge in [0.25, 0.3) is 0 Å². The normalized spacial score (nSPS) is 40.8. The lowest BCUT2D eigenvalue weighted by Gasteiger charge is -2.11. The second kappa shape index (κ2) is 3.97. The van der Waals surface area contributed by atoms with E-state index in [1.54, 1.807) is 0 Å². The molecule has 0 bridgehead atoms. The van der Waals surface area contributed by atoms with E-state index in [4.69, 9.17) is 9.47 Å². The number of rotatable bonds is 0. The van der Waals surface area contributed by atoms with Crippen LogP contribution in [0.25, 0.3) is 0 Å². The topological polar surface area (TPSA) is 25.1 Å². The van der Waals surface area contributed by atoms with E-state index >= 15 is 0 Å². The van der Waals surface area contributed by atoms with Crippen molar-refractivity contribution in [2.75, 3.05) is 6.61 Å². The Morgan fingerprint density at radius 1 is 1.23 bits per heavy atom. The number of hydrogen-bond acceptors (Lipinski definition) is 2. The van der Waals surface area contributed by atoms with E-state index in [-0.39, 0.29) is 5.60 Å². The average molecular weight is 186 g/mol. The molecule has 2 heterocycles. The smallest absolute Gasteiger partial charge is 0.0868 e. The summed E-state index contributed by atoms with van der Waals surface area (Å²) < 4.78 is 10.0. The Bertz CT molecular complexity index is 159. The molecule has 3 rings (SSSR count). The van der Waals surface area contributed by atoms with Gasteiger partial charge in [-0.25, -0.2) is 0 Å². The molecule has 3 fully saturated rings. The lowest BCUT2D eigenvalue weighted by molar-refractivity contribution is 0.344. The van der Waals surface area contributed by atoms with Crippen LogP contribution < -0.4 is 0 Å². The molecule has 0 amide bonds. The SMILES string of the molecule is CC.CC1(C)CO1.CC1CC2OC12. The number of fused-ring (bicyclic) bond motifs is 1. The summed E-state index contributed by atoms with van der Waals surface area (Å²) in [6.07, 6.45) is 2.73. The molecule has 2 aliphatic heterocycles. The van der Waals surface area contributed by atoms with Crippen LogP contribution >= 0.6 is 0 Å². The Hall–Kier alpha value is -0.0800. The standard InChI is InChI=1S/C5H8O.C4H8O.C2H6/c1-3-2-4-5(3)6-4;1-4(2)3-5-4;1-2/h3-5H,2H2,1H3;3H2,1-2H3;1-2H3. The fraction of sp³-hybridized carbons (Fsp3) is 1.00. The second-order valence-electron chi connectivity index (χ2n) is 4.40. The maximum atomic E-state index is 5.14. The minimum atomic E-state index is 0.250. The highest BCUT2D eigenvalue weighted by Gasteiger charge is 2.53. The first-order chi connectivity index (χ1) is 6.08. The lowest BCUT2D eigenvalue weighted by atomic mass is 9.88. The molecule has 0 spiro atoms. The van der Waals surface area contributed by atoms with Gasteiger partial charge in [-0.15, -0.1) is 0 Å². The van der Waals surface area contributed by atoms with E-state index in [0.717, 1.165) is 12.5 Å². The van der Waals surface area contributed by atoms with Crippen molar-refractivity contribution in [3.05, 3.63) is 0 Å². The van der Waals surface area contributed by atoms with Crippen molar-refractivity contribution in [1.82, 2.24) is 0 Å². The van der Waals surface area contributed by atoms with Gasteiger partial charge in [-0.1, -0.05) is 20.8 Å². The molecule has 1 aliphatic carbocycles. The molecule has 2 nitrogen and oxygen atoms in total. The molecule has 0 aromatic rings. The van der Waals surface area contributed by atoms with Gasteiger partial charge in [-0.3, -0.25) is 0 Å². The quantitative estimate of drug-likeness (QED) is 0.543. The Kier molecular flexibility index (Phi) is 3.36. The maximum absolute atomic E-state index is 5.14. The molecule has 0 radical (unpaired) electrons. The summed E-state index contributed by atoms with van der Waals surface area (Å²) in [4.78, 5) is 0. The molecule has 13 heavy (non-hydrogen) atoms. The van der Waals surface area contributed by atoms with Crippen LogP contribution in [0.5, 0.6) is 0 Å². The molecule has 1 saturated carbocycles. The van der Waals surface area contributed by atoms with Gasteiger partial charge in [0.1, 0.15) is 0 Å². The van der Waals surface area contributed by atoms with Crippen molar-refractivity contribution < 1.29 is 9.47 Å². The molecule has 3 aliphatic rings. The molecule has 3 atom stereocenters. The zero-order chi connectivity index (χ0) is 10.1. The summed E-state index contributed by atoms with van der Waals surface area (Å²) in [7, 11) is 0. The van der Waals surface area contributed by atoms with Crippen LogP contribution in [-0.4, -0.2) is 24.4 Å². The van der Waals surface area contributed by atoms with Gasteiger partial charge in [0, 0.05) is 0 Å². The highest BCUT2D eigenvalue weighted by atomic mass is 16.6. The van der Waals surface area contributed by atoms with E-state index in [1.807, 2.05) is 13.8 Å². The maximum Gasteiger partial charge on any atom is 0.0868 e. The van der Waals surface area contributed by atoms with E-state index < -0.39 is 0 Å². The van der Waals surface area contributed by atoms with Crippen LogP contribution in [0.4, 0.5) is 0 Å². The van der Waals surface area contributed by atoms with E-state index in [1.165, 1.54) is 6.42 Å². The minimum absolute atomic E-state index is 0.250. The molecular weight excluding hydrogens is 164 g/mol. The van der Waals surface area contributed by atoms with Crippen molar-refractivity contribution in [3.63, 3.8) is 0 Å². The van der Waals surface area contributed by atoms with Gasteiger partial charge in [-0.05, 0) is 26.2 Å². The fourth-order valence-corrected chi connectivity index (χ4v) is 1.30. The van der Waals surface area contributed by atoms with Gasteiger partial charge in [0.2, 0.25) is 0 Å². The summed E-state index contributed by atoms with van der Waals surface area (Å²) >= 11 is 0. The molecule has 3 unspecified atom stereocenters. The van der Waals surface area contributed by atoms with Crippen LogP contribution in [0.1, 0.15) is 41.0 Å². The third-order valence-electron chi connectivity index (χ3n) is 2.51. The second-order valence-corrected chi connectivity index (χ2v) is 4.40. The van der Waals surface area contributed by atoms with Crippen LogP contribution in [0.3, 0.4) is 0 Å². The summed E-state index contributed by atoms with van der Waals surface area (Å²) in [6.45, 7) is 11.3. The third kappa shape index (κ3) is 3.28. The van der Waals surface area contributed by atoms with Crippen LogP contribution in [0, 0.1) is 5.92 Å². The largest absolute Gasteiger partial charge is 0.370 e. The van der Waals surface area contributed by atoms with Gasteiger partial charge in [0.05, 0.1) is 24.4 Å². The average Bonchev–Trinajstić information content (AvgIpc) is 2.95.